The molecule has 3 heterocycles. The molecule has 4 rings (SSSR count). The zero-order valence-electron chi connectivity index (χ0n) is 12.8. The van der Waals surface area contributed by atoms with E-state index in [9.17, 15) is 8.42 Å². The van der Waals surface area contributed by atoms with Crippen LogP contribution in [-0.2, 0) is 10.0 Å². The van der Waals surface area contributed by atoms with Gasteiger partial charge in [0, 0.05) is 12.6 Å². The van der Waals surface area contributed by atoms with Gasteiger partial charge in [0.15, 0.2) is 4.90 Å². The number of pyridine rings is 1. The molecule has 1 aromatic rings. The Balaban J connectivity index is 1.50. The van der Waals surface area contributed by atoms with Crippen LogP contribution >= 0.6 is 0 Å². The fourth-order valence-corrected chi connectivity index (χ4v) is 3.83. The predicted octanol–water partition coefficient (Wildman–Crippen LogP) is 1.24. The van der Waals surface area contributed by atoms with E-state index >= 15 is 0 Å². The van der Waals surface area contributed by atoms with Crippen LogP contribution in [-0.4, -0.2) is 56.4 Å². The van der Waals surface area contributed by atoms with Crippen molar-refractivity contribution in [2.45, 2.75) is 36.2 Å². The second-order valence-electron chi connectivity index (χ2n) is 6.23. The van der Waals surface area contributed by atoms with Crippen LogP contribution in [0.5, 0.6) is 11.8 Å². The van der Waals surface area contributed by atoms with Gasteiger partial charge in [-0.3, -0.25) is 4.90 Å². The summed E-state index contributed by atoms with van der Waals surface area (Å²) in [6.45, 7) is 3.61. The highest BCUT2D eigenvalue weighted by Gasteiger charge is 2.47. The molecule has 2 fully saturated rings. The summed E-state index contributed by atoms with van der Waals surface area (Å²) < 4.78 is 39.4. The Bertz CT molecular complexity index is 737. The van der Waals surface area contributed by atoms with Gasteiger partial charge in [0.2, 0.25) is 11.8 Å². The van der Waals surface area contributed by atoms with E-state index in [4.69, 9.17) is 9.47 Å². The molecule has 1 spiro atoms. The number of hydrogen-bond donors (Lipinski definition) is 0. The van der Waals surface area contributed by atoms with Crippen molar-refractivity contribution >= 4 is 16.2 Å². The average Bonchev–Trinajstić information content (AvgIpc) is 3.11. The molecule has 0 amide bonds. The van der Waals surface area contributed by atoms with Crippen molar-refractivity contribution in [2.75, 3.05) is 26.2 Å². The van der Waals surface area contributed by atoms with Crippen molar-refractivity contribution in [3.05, 3.63) is 12.1 Å². The quantitative estimate of drug-likeness (QED) is 0.822. The lowest BCUT2D eigenvalue weighted by molar-refractivity contribution is 0.216. The third-order valence-electron chi connectivity index (χ3n) is 4.40. The van der Waals surface area contributed by atoms with E-state index in [0.29, 0.717) is 12.5 Å². The Labute approximate surface area is 135 Å². The van der Waals surface area contributed by atoms with Crippen molar-refractivity contribution in [3.63, 3.8) is 0 Å². The lowest BCUT2D eigenvalue weighted by atomic mass is 10.4. The molecule has 0 bridgehead atoms. The van der Waals surface area contributed by atoms with E-state index < -0.39 is 15.6 Å². The molecule has 1 aliphatic carbocycles. The average molecular weight is 337 g/mol. The third-order valence-corrected chi connectivity index (χ3v) is 5.65. The highest BCUT2D eigenvalue weighted by Crippen LogP contribution is 2.42. The predicted molar refractivity (Wildman–Crippen MR) is 83.7 cm³/mol. The molecule has 0 radical (unpaired) electrons. The topological polar surface area (TPSA) is 81.1 Å². The Hall–Kier alpha value is -1.67. The van der Waals surface area contributed by atoms with Crippen LogP contribution in [0.1, 0.15) is 25.7 Å². The van der Waals surface area contributed by atoms with Crippen molar-refractivity contribution in [1.29, 1.82) is 0 Å². The van der Waals surface area contributed by atoms with Crippen LogP contribution in [0.15, 0.2) is 21.4 Å². The zero-order valence-corrected chi connectivity index (χ0v) is 13.6. The Kier molecular flexibility index (Phi) is 3.53. The molecule has 0 aromatic carbocycles. The summed E-state index contributed by atoms with van der Waals surface area (Å²) in [6.07, 6.45) is 5.38. The minimum absolute atomic E-state index is 0.00409. The molecule has 1 saturated carbocycles. The largest absolute Gasteiger partial charge is 0.476 e. The fourth-order valence-electron chi connectivity index (χ4n) is 2.84. The Morgan fingerprint density at radius 3 is 2.78 bits per heavy atom. The highest BCUT2D eigenvalue weighted by molar-refractivity contribution is 7.90. The van der Waals surface area contributed by atoms with E-state index in [-0.39, 0.29) is 10.8 Å². The van der Waals surface area contributed by atoms with Crippen molar-refractivity contribution in [1.82, 2.24) is 9.88 Å². The molecular weight excluding hydrogens is 318 g/mol. The highest BCUT2D eigenvalue weighted by atomic mass is 32.2. The summed E-state index contributed by atoms with van der Waals surface area (Å²) in [5, 5.41) is 0. The van der Waals surface area contributed by atoms with Gasteiger partial charge in [-0.1, -0.05) is 0 Å². The van der Waals surface area contributed by atoms with Crippen molar-refractivity contribution in [2.24, 2.45) is 4.40 Å². The number of aromatic nitrogens is 1. The minimum atomic E-state index is -3.74. The first-order valence-electron chi connectivity index (χ1n) is 7.93. The number of sulfonamides is 1. The maximum Gasteiger partial charge on any atom is 0.287 e. The van der Waals surface area contributed by atoms with E-state index in [1.54, 1.807) is 6.07 Å². The standard InChI is InChI=1S/C15H19N3O4S/c19-23(20)12-3-4-13(21-10-9-18-7-1-2-8-18)17-14(12)22-15(5-6-15)11-16-23/h3-4,11H,1-2,5-10H2. The summed E-state index contributed by atoms with van der Waals surface area (Å²) in [5.41, 5.74) is -0.598. The number of nitrogens with zero attached hydrogens (tertiary/aromatic N) is 3. The van der Waals surface area contributed by atoms with Gasteiger partial charge in [-0.15, -0.1) is 0 Å². The number of rotatable bonds is 4. The lowest BCUT2D eigenvalue weighted by Crippen LogP contribution is -2.25. The smallest absolute Gasteiger partial charge is 0.287 e. The molecule has 0 unspecified atom stereocenters. The third kappa shape index (κ3) is 3.05. The van der Waals surface area contributed by atoms with Crippen LogP contribution in [0, 0.1) is 0 Å². The van der Waals surface area contributed by atoms with Gasteiger partial charge in [-0.2, -0.15) is 17.8 Å². The van der Waals surface area contributed by atoms with Gasteiger partial charge in [-0.05, 0) is 44.8 Å². The SMILES string of the molecule is O=S1(=O)N=CC2(CC2)Oc2nc(OCCN3CCCC3)ccc21. The molecule has 0 atom stereocenters. The second-order valence-corrected chi connectivity index (χ2v) is 7.83. The molecule has 0 N–H and O–H groups in total. The zero-order chi connectivity index (χ0) is 15.9. The molecule has 1 saturated heterocycles. The van der Waals surface area contributed by atoms with Crippen LogP contribution < -0.4 is 9.47 Å². The molecule has 124 valence electrons. The lowest BCUT2D eigenvalue weighted by Gasteiger charge is -2.15. The van der Waals surface area contributed by atoms with Crippen LogP contribution in [0.3, 0.4) is 0 Å². The van der Waals surface area contributed by atoms with E-state index in [2.05, 4.69) is 14.3 Å². The first-order valence-corrected chi connectivity index (χ1v) is 9.37. The summed E-state index contributed by atoms with van der Waals surface area (Å²) in [7, 11) is -3.74. The van der Waals surface area contributed by atoms with Crippen LogP contribution in [0.2, 0.25) is 0 Å². The summed E-state index contributed by atoms with van der Waals surface area (Å²) in [4.78, 5) is 6.60. The van der Waals surface area contributed by atoms with Gasteiger partial charge >= 0.3 is 0 Å². The maximum absolute atomic E-state index is 12.1. The summed E-state index contributed by atoms with van der Waals surface area (Å²) in [5.74, 6) is 0.481. The Morgan fingerprint density at radius 1 is 1.26 bits per heavy atom. The minimum Gasteiger partial charge on any atom is -0.476 e. The molecular formula is C15H19N3O4S. The molecule has 2 aliphatic heterocycles. The summed E-state index contributed by atoms with van der Waals surface area (Å²) in [6, 6.07) is 3.02. The number of ether oxygens (including phenoxy) is 2. The van der Waals surface area contributed by atoms with Crippen molar-refractivity contribution in [3.8, 4) is 11.8 Å². The maximum atomic E-state index is 12.1. The van der Waals surface area contributed by atoms with Gasteiger partial charge in [0.05, 0.1) is 6.21 Å². The fraction of sp³-hybridized carbons (Fsp3) is 0.600. The van der Waals surface area contributed by atoms with Gasteiger partial charge in [-0.25, -0.2) is 0 Å². The van der Waals surface area contributed by atoms with Crippen LogP contribution in [0.4, 0.5) is 0 Å². The van der Waals surface area contributed by atoms with E-state index in [1.165, 1.54) is 25.1 Å². The van der Waals surface area contributed by atoms with E-state index in [0.717, 1.165) is 32.5 Å². The number of likely N-dealkylation sites (tertiary alicyclic amines) is 1. The van der Waals surface area contributed by atoms with Crippen LogP contribution in [0.25, 0.3) is 0 Å². The molecule has 1 aromatic heterocycles. The first-order chi connectivity index (χ1) is 11.1. The van der Waals surface area contributed by atoms with Gasteiger partial charge in [0.25, 0.3) is 10.0 Å². The first kappa shape index (κ1) is 14.9. The van der Waals surface area contributed by atoms with E-state index in [1.807, 2.05) is 0 Å². The van der Waals surface area contributed by atoms with Gasteiger partial charge < -0.3 is 9.47 Å². The summed E-state index contributed by atoms with van der Waals surface area (Å²) >= 11 is 0. The molecule has 8 heteroatoms. The second kappa shape index (κ2) is 5.45. The molecule has 3 aliphatic rings. The monoisotopic (exact) mass is 337 g/mol. The number of fused-ring (bicyclic) bond motifs is 1. The molecule has 7 nitrogen and oxygen atoms in total. The van der Waals surface area contributed by atoms with Crippen molar-refractivity contribution < 1.29 is 17.9 Å². The number of hydrogen-bond acceptors (Lipinski definition) is 6. The van der Waals surface area contributed by atoms with Gasteiger partial charge in [0.1, 0.15) is 12.2 Å². The Morgan fingerprint density at radius 2 is 2.04 bits per heavy atom. The normalized spacial score (nSPS) is 24.0. The molecule has 23 heavy (non-hydrogen) atoms.